The molecule has 1 aromatic heterocycles. The summed E-state index contributed by atoms with van der Waals surface area (Å²) in [5.74, 6) is -2.60. The molecule has 0 bridgehead atoms. The number of para-hydroxylation sites is 1. The fourth-order valence-corrected chi connectivity index (χ4v) is 2.67. The van der Waals surface area contributed by atoms with E-state index in [0.717, 1.165) is 0 Å². The summed E-state index contributed by atoms with van der Waals surface area (Å²) >= 11 is 0. The van der Waals surface area contributed by atoms with Crippen LogP contribution in [-0.2, 0) is 14.4 Å². The first-order valence-corrected chi connectivity index (χ1v) is 9.72. The van der Waals surface area contributed by atoms with Crippen LogP contribution in [0.3, 0.4) is 0 Å². The fraction of sp³-hybridized carbons (Fsp3) is 0.0870. The smallest absolute Gasteiger partial charge is 0.379 e. The normalized spacial score (nSPS) is 10.8. The van der Waals surface area contributed by atoms with Crippen molar-refractivity contribution >= 4 is 40.8 Å². The third-order valence-electron chi connectivity index (χ3n) is 4.20. The van der Waals surface area contributed by atoms with Gasteiger partial charge in [0.2, 0.25) is 11.7 Å². The fourth-order valence-electron chi connectivity index (χ4n) is 2.67. The second-order valence-corrected chi connectivity index (χ2v) is 6.71. The van der Waals surface area contributed by atoms with Gasteiger partial charge in [-0.05, 0) is 55.5 Å². The highest BCUT2D eigenvalue weighted by atomic mass is 16.5. The van der Waals surface area contributed by atoms with Crippen LogP contribution in [0.2, 0.25) is 0 Å². The molecule has 0 fully saturated rings. The van der Waals surface area contributed by atoms with Gasteiger partial charge in [0.25, 0.3) is 0 Å². The number of carbonyl (C=O) groups excluding carboxylic acids is 4. The first-order valence-electron chi connectivity index (χ1n) is 9.72. The minimum Gasteiger partial charge on any atom is -0.457 e. The second-order valence-electron chi connectivity index (χ2n) is 6.71. The lowest BCUT2D eigenvalue weighted by molar-refractivity contribution is -0.136. The Morgan fingerprint density at radius 2 is 1.48 bits per heavy atom. The molecule has 0 radical (unpaired) electrons. The average Bonchev–Trinajstić information content (AvgIpc) is 3.34. The summed E-state index contributed by atoms with van der Waals surface area (Å²) in [5.41, 5.74) is 3.82. The van der Waals surface area contributed by atoms with Crippen molar-refractivity contribution in [3.8, 4) is 5.75 Å². The average molecular weight is 448 g/mol. The van der Waals surface area contributed by atoms with Crippen molar-refractivity contribution in [3.05, 3.63) is 78.3 Å². The van der Waals surface area contributed by atoms with E-state index in [4.69, 9.17) is 9.15 Å². The Morgan fingerprint density at radius 1 is 0.818 bits per heavy atom. The van der Waals surface area contributed by atoms with E-state index in [2.05, 4.69) is 21.2 Å². The number of esters is 1. The van der Waals surface area contributed by atoms with Gasteiger partial charge in [-0.3, -0.25) is 14.4 Å². The number of nitrogens with one attached hydrogen (secondary N) is 3. The van der Waals surface area contributed by atoms with Crippen LogP contribution in [0.4, 0.5) is 11.4 Å². The van der Waals surface area contributed by atoms with Crippen molar-refractivity contribution < 1.29 is 28.3 Å². The first kappa shape index (κ1) is 22.9. The summed E-state index contributed by atoms with van der Waals surface area (Å²) in [7, 11) is 0. The van der Waals surface area contributed by atoms with Gasteiger partial charge in [-0.1, -0.05) is 12.1 Å². The topological polar surface area (TPSA) is 139 Å². The lowest BCUT2D eigenvalue weighted by Crippen LogP contribution is -2.33. The van der Waals surface area contributed by atoms with Crippen LogP contribution in [0.15, 0.2) is 76.4 Å². The van der Waals surface area contributed by atoms with Crippen LogP contribution in [0.25, 0.3) is 0 Å². The number of anilines is 2. The predicted molar refractivity (Wildman–Crippen MR) is 120 cm³/mol. The summed E-state index contributed by atoms with van der Waals surface area (Å²) in [6.45, 7) is 2.96. The Kier molecular flexibility index (Phi) is 7.32. The van der Waals surface area contributed by atoms with Crippen molar-refractivity contribution in [2.75, 3.05) is 10.6 Å². The molecule has 0 unspecified atom stereocenters. The van der Waals surface area contributed by atoms with E-state index in [1.54, 1.807) is 49.4 Å². The number of carbonyl (C=O) groups is 4. The Hall–Kier alpha value is -4.73. The van der Waals surface area contributed by atoms with Gasteiger partial charge in [-0.25, -0.2) is 10.2 Å². The summed E-state index contributed by atoms with van der Waals surface area (Å²) < 4.78 is 10.4. The molecule has 3 amide bonds. The molecular formula is C23H20N4O6. The lowest BCUT2D eigenvalue weighted by Gasteiger charge is -2.09. The highest BCUT2D eigenvalue weighted by Gasteiger charge is 2.17. The first-order chi connectivity index (χ1) is 15.8. The molecule has 3 aromatic rings. The van der Waals surface area contributed by atoms with E-state index in [1.165, 1.54) is 31.4 Å². The molecule has 1 heterocycles. The standard InChI is InChI=1S/C23H20N4O6/c1-14(18-6-3-4-7-19(18)33-23(31)20-8-5-13-32-20)26-27-22(30)21(29)25-17-11-9-16(10-12-17)24-15(2)28/h3-13H,1-2H3,(H,24,28)(H,25,29)(H,27,30). The molecule has 3 N–H and O–H groups in total. The quantitative estimate of drug-likeness (QED) is 0.174. The van der Waals surface area contributed by atoms with Gasteiger partial charge in [-0.2, -0.15) is 5.10 Å². The van der Waals surface area contributed by atoms with Gasteiger partial charge in [0.1, 0.15) is 5.75 Å². The van der Waals surface area contributed by atoms with E-state index >= 15 is 0 Å². The molecule has 2 aromatic carbocycles. The van der Waals surface area contributed by atoms with Crippen LogP contribution in [0.5, 0.6) is 5.75 Å². The van der Waals surface area contributed by atoms with Crippen LogP contribution in [-0.4, -0.2) is 29.4 Å². The highest BCUT2D eigenvalue weighted by molar-refractivity contribution is 6.39. The number of nitrogens with zero attached hydrogens (tertiary/aromatic N) is 1. The molecular weight excluding hydrogens is 428 g/mol. The number of hydrazone groups is 1. The van der Waals surface area contributed by atoms with E-state index in [1.807, 2.05) is 0 Å². The number of hydrogen-bond donors (Lipinski definition) is 3. The Morgan fingerprint density at radius 3 is 2.12 bits per heavy atom. The molecule has 0 aliphatic rings. The maximum atomic E-state index is 12.2. The second kappa shape index (κ2) is 10.5. The van der Waals surface area contributed by atoms with E-state index < -0.39 is 17.8 Å². The maximum Gasteiger partial charge on any atom is 0.379 e. The van der Waals surface area contributed by atoms with Gasteiger partial charge in [0.15, 0.2) is 0 Å². The monoisotopic (exact) mass is 448 g/mol. The van der Waals surface area contributed by atoms with Gasteiger partial charge < -0.3 is 19.8 Å². The number of furan rings is 1. The molecule has 0 aliphatic heterocycles. The zero-order valence-corrected chi connectivity index (χ0v) is 17.7. The third-order valence-corrected chi connectivity index (χ3v) is 4.20. The molecule has 0 saturated heterocycles. The van der Waals surface area contributed by atoms with Crippen molar-refractivity contribution in [3.63, 3.8) is 0 Å². The van der Waals surface area contributed by atoms with Crippen LogP contribution < -0.4 is 20.8 Å². The zero-order valence-electron chi connectivity index (χ0n) is 17.7. The largest absolute Gasteiger partial charge is 0.457 e. The molecule has 168 valence electrons. The summed E-state index contributed by atoms with van der Waals surface area (Å²) in [6.07, 6.45) is 1.35. The number of ether oxygens (including phenoxy) is 1. The third kappa shape index (κ3) is 6.37. The minimum atomic E-state index is -0.995. The van der Waals surface area contributed by atoms with Gasteiger partial charge >= 0.3 is 17.8 Å². The summed E-state index contributed by atoms with van der Waals surface area (Å²) in [5, 5.41) is 8.95. The van der Waals surface area contributed by atoms with Crippen LogP contribution in [0.1, 0.15) is 30.0 Å². The Labute approximate surface area is 188 Å². The predicted octanol–water partition coefficient (Wildman–Crippen LogP) is 2.94. The molecule has 10 heteroatoms. The van der Waals surface area contributed by atoms with E-state index in [-0.39, 0.29) is 17.4 Å². The number of hydrogen-bond acceptors (Lipinski definition) is 7. The molecule has 0 spiro atoms. The molecule has 33 heavy (non-hydrogen) atoms. The van der Waals surface area contributed by atoms with Crippen molar-refractivity contribution in [1.82, 2.24) is 5.43 Å². The van der Waals surface area contributed by atoms with Gasteiger partial charge in [0.05, 0.1) is 12.0 Å². The number of rotatable bonds is 6. The zero-order chi connectivity index (χ0) is 23.8. The lowest BCUT2D eigenvalue weighted by atomic mass is 10.1. The summed E-state index contributed by atoms with van der Waals surface area (Å²) in [4.78, 5) is 47.5. The van der Waals surface area contributed by atoms with Crippen LogP contribution >= 0.6 is 0 Å². The SMILES string of the molecule is CC(=O)Nc1ccc(NC(=O)C(=O)NN=C(C)c2ccccc2OC(=O)c2ccco2)cc1. The van der Waals surface area contributed by atoms with Crippen LogP contribution in [0, 0.1) is 0 Å². The van der Waals surface area contributed by atoms with E-state index in [0.29, 0.717) is 22.6 Å². The Balaban J connectivity index is 1.62. The molecule has 0 saturated carbocycles. The summed E-state index contributed by atoms with van der Waals surface area (Å²) in [6, 6.07) is 15.9. The molecule has 10 nitrogen and oxygen atoms in total. The van der Waals surface area contributed by atoms with E-state index in [9.17, 15) is 19.2 Å². The van der Waals surface area contributed by atoms with Crippen molar-refractivity contribution in [2.45, 2.75) is 13.8 Å². The number of amides is 3. The molecule has 3 rings (SSSR count). The molecule has 0 aliphatic carbocycles. The maximum absolute atomic E-state index is 12.2. The Bertz CT molecular complexity index is 1200. The van der Waals surface area contributed by atoms with Gasteiger partial charge in [0, 0.05) is 23.9 Å². The van der Waals surface area contributed by atoms with Crippen molar-refractivity contribution in [1.29, 1.82) is 0 Å². The highest BCUT2D eigenvalue weighted by Crippen LogP contribution is 2.20. The molecule has 0 atom stereocenters. The van der Waals surface area contributed by atoms with Crippen molar-refractivity contribution in [2.24, 2.45) is 5.10 Å². The number of benzene rings is 2. The minimum absolute atomic E-state index is 0.0366. The van der Waals surface area contributed by atoms with Gasteiger partial charge in [-0.15, -0.1) is 0 Å².